The Labute approximate surface area is 122 Å². The zero-order valence-corrected chi connectivity index (χ0v) is 12.5. The highest BCUT2D eigenvalue weighted by atomic mass is 32.2. The molecule has 1 aromatic carbocycles. The fraction of sp³-hybridized carbons (Fsp3) is 0.267. The minimum absolute atomic E-state index is 0.373. The van der Waals surface area contributed by atoms with Crippen molar-refractivity contribution in [3.63, 3.8) is 0 Å². The molecular weight excluding hydrogens is 274 g/mol. The minimum Gasteiger partial charge on any atom is -0.465 e. The smallest absolute Gasteiger partial charge is 0.341 e. The van der Waals surface area contributed by atoms with E-state index in [-0.39, 0.29) is 5.97 Å². The number of para-hydroxylation sites is 1. The number of hydrogen-bond acceptors (Lipinski definition) is 5. The molecule has 5 heteroatoms. The van der Waals surface area contributed by atoms with E-state index < -0.39 is 0 Å². The molecule has 0 saturated heterocycles. The van der Waals surface area contributed by atoms with Crippen LogP contribution in [0.1, 0.15) is 21.9 Å². The molecule has 0 radical (unpaired) electrons. The van der Waals surface area contributed by atoms with Gasteiger partial charge in [0, 0.05) is 10.6 Å². The van der Waals surface area contributed by atoms with Crippen LogP contribution in [0.25, 0.3) is 0 Å². The third-order valence-corrected chi connectivity index (χ3v) is 3.73. The van der Waals surface area contributed by atoms with Gasteiger partial charge in [-0.1, -0.05) is 12.1 Å². The maximum absolute atomic E-state index is 11.5. The molecule has 0 aliphatic rings. The lowest BCUT2D eigenvalue weighted by molar-refractivity contribution is 0.0599. The predicted octanol–water partition coefficient (Wildman–Crippen LogP) is 3.71. The molecule has 2 aromatic rings. The molecule has 0 atom stereocenters. The first-order valence-electron chi connectivity index (χ1n) is 6.20. The van der Waals surface area contributed by atoms with E-state index in [2.05, 4.69) is 11.4 Å². The van der Waals surface area contributed by atoms with E-state index in [1.165, 1.54) is 12.0 Å². The van der Waals surface area contributed by atoms with Gasteiger partial charge < -0.3 is 14.5 Å². The fourth-order valence-corrected chi connectivity index (χ4v) is 2.49. The summed E-state index contributed by atoms with van der Waals surface area (Å²) in [7, 11) is 1.36. The summed E-state index contributed by atoms with van der Waals surface area (Å²) >= 11 is 1.68. The molecule has 0 bridgehead atoms. The van der Waals surface area contributed by atoms with Crippen LogP contribution in [0.15, 0.2) is 39.6 Å². The summed E-state index contributed by atoms with van der Waals surface area (Å²) in [6, 6.07) is 9.78. The number of rotatable bonds is 5. The van der Waals surface area contributed by atoms with Gasteiger partial charge in [0.05, 0.1) is 13.7 Å². The molecular formula is C15H17NO3S. The van der Waals surface area contributed by atoms with E-state index in [9.17, 15) is 4.79 Å². The number of ether oxygens (including phenoxy) is 1. The van der Waals surface area contributed by atoms with Crippen molar-refractivity contribution in [2.75, 3.05) is 18.7 Å². The first-order valence-corrected chi connectivity index (χ1v) is 7.42. The second-order valence-electron chi connectivity index (χ2n) is 4.23. The number of carbonyl (C=O) groups is 1. The maximum Gasteiger partial charge on any atom is 0.341 e. The number of thioether (sulfide) groups is 1. The highest BCUT2D eigenvalue weighted by Crippen LogP contribution is 2.25. The van der Waals surface area contributed by atoms with Gasteiger partial charge in [-0.05, 0) is 31.4 Å². The topological polar surface area (TPSA) is 51.5 Å². The van der Waals surface area contributed by atoms with Crippen LogP contribution in [-0.2, 0) is 11.3 Å². The van der Waals surface area contributed by atoms with Gasteiger partial charge in [-0.25, -0.2) is 4.79 Å². The summed E-state index contributed by atoms with van der Waals surface area (Å²) in [5, 5.41) is 3.31. The monoisotopic (exact) mass is 291 g/mol. The zero-order valence-electron chi connectivity index (χ0n) is 11.7. The Morgan fingerprint density at radius 1 is 1.40 bits per heavy atom. The van der Waals surface area contributed by atoms with E-state index in [0.717, 1.165) is 5.69 Å². The summed E-state index contributed by atoms with van der Waals surface area (Å²) in [5.74, 6) is 0.910. The number of furan rings is 1. The van der Waals surface area contributed by atoms with Crippen molar-refractivity contribution in [3.8, 4) is 0 Å². The number of esters is 1. The van der Waals surface area contributed by atoms with E-state index in [1.54, 1.807) is 24.8 Å². The Hall–Kier alpha value is -1.88. The van der Waals surface area contributed by atoms with Crippen LogP contribution in [0, 0.1) is 6.92 Å². The summed E-state index contributed by atoms with van der Waals surface area (Å²) < 4.78 is 10.3. The van der Waals surface area contributed by atoms with Crippen molar-refractivity contribution in [2.45, 2.75) is 18.4 Å². The summed E-state index contributed by atoms with van der Waals surface area (Å²) in [5.41, 5.74) is 1.52. The van der Waals surface area contributed by atoms with Crippen molar-refractivity contribution in [1.82, 2.24) is 0 Å². The molecule has 0 fully saturated rings. The number of benzene rings is 1. The molecule has 4 nitrogen and oxygen atoms in total. The summed E-state index contributed by atoms with van der Waals surface area (Å²) in [6.07, 6.45) is 2.03. The molecule has 1 N–H and O–H groups in total. The van der Waals surface area contributed by atoms with Gasteiger partial charge in [-0.15, -0.1) is 11.8 Å². The Morgan fingerprint density at radius 2 is 2.15 bits per heavy atom. The highest BCUT2D eigenvalue weighted by Gasteiger charge is 2.15. The fourth-order valence-electron chi connectivity index (χ4n) is 1.92. The molecule has 1 aromatic heterocycles. The van der Waals surface area contributed by atoms with Crippen LogP contribution in [0.2, 0.25) is 0 Å². The highest BCUT2D eigenvalue weighted by molar-refractivity contribution is 7.98. The van der Waals surface area contributed by atoms with Gasteiger partial charge in [0.2, 0.25) is 0 Å². The van der Waals surface area contributed by atoms with Crippen LogP contribution in [0.4, 0.5) is 5.69 Å². The van der Waals surface area contributed by atoms with Gasteiger partial charge in [0.1, 0.15) is 17.1 Å². The lowest BCUT2D eigenvalue weighted by atomic mass is 10.2. The second-order valence-corrected chi connectivity index (χ2v) is 5.08. The average Bonchev–Trinajstić information content (AvgIpc) is 2.85. The van der Waals surface area contributed by atoms with Crippen molar-refractivity contribution < 1.29 is 13.9 Å². The first kappa shape index (κ1) is 14.5. The predicted molar refractivity (Wildman–Crippen MR) is 80.3 cm³/mol. The van der Waals surface area contributed by atoms with E-state index >= 15 is 0 Å². The lowest BCUT2D eigenvalue weighted by Crippen LogP contribution is -2.01. The molecule has 106 valence electrons. The largest absolute Gasteiger partial charge is 0.465 e. The van der Waals surface area contributed by atoms with Crippen molar-refractivity contribution in [2.24, 2.45) is 0 Å². The van der Waals surface area contributed by atoms with Crippen molar-refractivity contribution >= 4 is 23.4 Å². The SMILES string of the molecule is COC(=O)c1cc(CNc2ccccc2SC)oc1C. The van der Waals surface area contributed by atoms with Crippen LogP contribution in [-0.4, -0.2) is 19.3 Å². The summed E-state index contributed by atoms with van der Waals surface area (Å²) in [6.45, 7) is 2.28. The number of nitrogens with one attached hydrogen (secondary N) is 1. The minimum atomic E-state index is -0.373. The first-order chi connectivity index (χ1) is 9.65. The van der Waals surface area contributed by atoms with Gasteiger partial charge >= 0.3 is 5.97 Å². The number of hydrogen-bond donors (Lipinski definition) is 1. The van der Waals surface area contributed by atoms with Gasteiger partial charge in [0.25, 0.3) is 0 Å². The second kappa shape index (κ2) is 6.52. The molecule has 0 saturated carbocycles. The normalized spacial score (nSPS) is 10.3. The number of carbonyl (C=O) groups excluding carboxylic acids is 1. The Balaban J connectivity index is 2.10. The number of methoxy groups -OCH3 is 1. The standard InChI is InChI=1S/C15H17NO3S/c1-10-12(15(17)18-2)8-11(19-10)9-16-13-6-4-5-7-14(13)20-3/h4-8,16H,9H2,1-3H3. The quantitative estimate of drug-likeness (QED) is 0.672. The third kappa shape index (κ3) is 3.17. The molecule has 0 spiro atoms. The van der Waals surface area contributed by atoms with Crippen LogP contribution in [0.3, 0.4) is 0 Å². The molecule has 2 rings (SSSR count). The van der Waals surface area contributed by atoms with E-state index in [0.29, 0.717) is 23.6 Å². The average molecular weight is 291 g/mol. The van der Waals surface area contributed by atoms with Gasteiger partial charge in [-0.2, -0.15) is 0 Å². The van der Waals surface area contributed by atoms with Gasteiger partial charge in [0.15, 0.2) is 0 Å². The van der Waals surface area contributed by atoms with Crippen LogP contribution in [0.5, 0.6) is 0 Å². The van der Waals surface area contributed by atoms with Crippen molar-refractivity contribution in [1.29, 1.82) is 0 Å². The Morgan fingerprint density at radius 3 is 2.85 bits per heavy atom. The molecule has 0 amide bonds. The number of anilines is 1. The van der Waals surface area contributed by atoms with Crippen LogP contribution < -0.4 is 5.32 Å². The molecule has 20 heavy (non-hydrogen) atoms. The van der Waals surface area contributed by atoms with Crippen molar-refractivity contribution in [3.05, 3.63) is 47.4 Å². The molecule has 0 aliphatic carbocycles. The lowest BCUT2D eigenvalue weighted by Gasteiger charge is -2.08. The molecule has 0 aliphatic heterocycles. The Kier molecular flexibility index (Phi) is 4.74. The summed E-state index contributed by atoms with van der Waals surface area (Å²) in [4.78, 5) is 12.7. The number of aryl methyl sites for hydroxylation is 1. The van der Waals surface area contributed by atoms with Crippen LogP contribution >= 0.6 is 11.8 Å². The maximum atomic E-state index is 11.5. The zero-order chi connectivity index (χ0) is 14.5. The third-order valence-electron chi connectivity index (χ3n) is 2.93. The van der Waals surface area contributed by atoms with Gasteiger partial charge in [-0.3, -0.25) is 0 Å². The Bertz CT molecular complexity index is 607. The van der Waals surface area contributed by atoms with E-state index in [1.807, 2.05) is 24.5 Å². The molecule has 1 heterocycles. The van der Waals surface area contributed by atoms with E-state index in [4.69, 9.17) is 9.15 Å². The molecule has 0 unspecified atom stereocenters.